The zero-order valence-electron chi connectivity index (χ0n) is 10.5. The van der Waals surface area contributed by atoms with E-state index in [2.05, 4.69) is 5.32 Å². The van der Waals surface area contributed by atoms with Crippen molar-refractivity contribution in [1.82, 2.24) is 0 Å². The fraction of sp³-hybridized carbons (Fsp3) is 0.500. The van der Waals surface area contributed by atoms with Crippen LogP contribution >= 0.6 is 0 Å². The third-order valence-electron chi connectivity index (χ3n) is 3.61. The highest BCUT2D eigenvalue weighted by Crippen LogP contribution is 2.26. The molecule has 1 aromatic rings. The van der Waals surface area contributed by atoms with Crippen molar-refractivity contribution < 1.29 is 9.90 Å². The molecular formula is C14H20N2O2. The molecule has 0 aliphatic heterocycles. The number of hydrogen-bond acceptors (Lipinski definition) is 3. The second-order valence-electron chi connectivity index (χ2n) is 4.99. The molecule has 1 aromatic carbocycles. The summed E-state index contributed by atoms with van der Waals surface area (Å²) in [6, 6.07) is 4.79. The second-order valence-corrected chi connectivity index (χ2v) is 4.99. The first-order valence-corrected chi connectivity index (χ1v) is 6.53. The number of carbonyl (C=O) groups is 1. The third-order valence-corrected chi connectivity index (χ3v) is 3.61. The van der Waals surface area contributed by atoms with Crippen molar-refractivity contribution in [3.63, 3.8) is 0 Å². The zero-order chi connectivity index (χ0) is 13.0. The molecule has 0 radical (unpaired) electrons. The van der Waals surface area contributed by atoms with Gasteiger partial charge in [0.15, 0.2) is 0 Å². The smallest absolute Gasteiger partial charge is 0.335 e. The minimum absolute atomic E-state index is 0.273. The van der Waals surface area contributed by atoms with Gasteiger partial charge in [-0.3, -0.25) is 0 Å². The molecule has 0 heterocycles. The standard InChI is InChI=1S/C14H20N2O2/c15-12-7-6-11(14(17)18)8-13(12)16-9-10-4-2-1-3-5-10/h6-8,10,16H,1-5,9,15H2,(H,17,18). The van der Waals surface area contributed by atoms with Gasteiger partial charge in [0.25, 0.3) is 0 Å². The monoisotopic (exact) mass is 248 g/mol. The van der Waals surface area contributed by atoms with Gasteiger partial charge in [0, 0.05) is 6.54 Å². The summed E-state index contributed by atoms with van der Waals surface area (Å²) in [5.74, 6) is -0.234. The topological polar surface area (TPSA) is 75.4 Å². The highest BCUT2D eigenvalue weighted by atomic mass is 16.4. The van der Waals surface area contributed by atoms with Crippen LogP contribution in [0, 0.1) is 5.92 Å². The first-order valence-electron chi connectivity index (χ1n) is 6.53. The minimum atomic E-state index is -0.921. The second kappa shape index (κ2) is 5.76. The van der Waals surface area contributed by atoms with Gasteiger partial charge in [0.2, 0.25) is 0 Å². The van der Waals surface area contributed by atoms with Crippen molar-refractivity contribution in [2.24, 2.45) is 5.92 Å². The normalized spacial score (nSPS) is 16.4. The van der Waals surface area contributed by atoms with Crippen LogP contribution in [0.2, 0.25) is 0 Å². The lowest BCUT2D eigenvalue weighted by molar-refractivity contribution is 0.0697. The molecule has 0 saturated heterocycles. The summed E-state index contributed by atoms with van der Waals surface area (Å²) >= 11 is 0. The predicted octanol–water partition coefficient (Wildman–Crippen LogP) is 2.96. The van der Waals surface area contributed by atoms with Gasteiger partial charge in [-0.25, -0.2) is 4.79 Å². The van der Waals surface area contributed by atoms with E-state index in [1.165, 1.54) is 38.2 Å². The molecular weight excluding hydrogens is 228 g/mol. The van der Waals surface area contributed by atoms with Crippen molar-refractivity contribution >= 4 is 17.3 Å². The summed E-state index contributed by atoms with van der Waals surface area (Å²) in [6.45, 7) is 0.882. The first-order chi connectivity index (χ1) is 8.66. The van der Waals surface area contributed by atoms with Crippen LogP contribution in [0.3, 0.4) is 0 Å². The Morgan fingerprint density at radius 3 is 2.72 bits per heavy atom. The van der Waals surface area contributed by atoms with Gasteiger partial charge < -0.3 is 16.2 Å². The van der Waals surface area contributed by atoms with Crippen molar-refractivity contribution in [2.45, 2.75) is 32.1 Å². The first kappa shape index (κ1) is 12.7. The van der Waals surface area contributed by atoms with Crippen molar-refractivity contribution in [2.75, 3.05) is 17.6 Å². The minimum Gasteiger partial charge on any atom is -0.478 e. The predicted molar refractivity (Wildman–Crippen MR) is 72.9 cm³/mol. The van der Waals surface area contributed by atoms with E-state index in [1.807, 2.05) is 0 Å². The van der Waals surface area contributed by atoms with Gasteiger partial charge in [-0.05, 0) is 37.0 Å². The van der Waals surface area contributed by atoms with E-state index in [0.717, 1.165) is 12.2 Å². The molecule has 0 atom stereocenters. The summed E-state index contributed by atoms with van der Waals surface area (Å²) in [6.07, 6.45) is 6.46. The number of aromatic carboxylic acids is 1. The van der Waals surface area contributed by atoms with Gasteiger partial charge in [0.05, 0.1) is 16.9 Å². The fourth-order valence-corrected chi connectivity index (χ4v) is 2.49. The molecule has 1 fully saturated rings. The number of rotatable bonds is 4. The van der Waals surface area contributed by atoms with E-state index < -0.39 is 5.97 Å². The SMILES string of the molecule is Nc1ccc(C(=O)O)cc1NCC1CCCCC1. The Hall–Kier alpha value is -1.71. The summed E-state index contributed by atoms with van der Waals surface area (Å²) in [5, 5.41) is 12.2. The molecule has 0 amide bonds. The maximum atomic E-state index is 10.9. The van der Waals surface area contributed by atoms with Crippen LogP contribution in [0.4, 0.5) is 11.4 Å². The van der Waals surface area contributed by atoms with Crippen LogP contribution in [0.15, 0.2) is 18.2 Å². The summed E-state index contributed by atoms with van der Waals surface area (Å²) in [7, 11) is 0. The molecule has 0 bridgehead atoms. The zero-order valence-corrected chi connectivity index (χ0v) is 10.5. The van der Waals surface area contributed by atoms with Gasteiger partial charge >= 0.3 is 5.97 Å². The Balaban J connectivity index is 1.99. The summed E-state index contributed by atoms with van der Waals surface area (Å²) < 4.78 is 0. The molecule has 4 N–H and O–H groups in total. The van der Waals surface area contributed by atoms with Crippen LogP contribution in [0.5, 0.6) is 0 Å². The summed E-state index contributed by atoms with van der Waals surface area (Å²) in [4.78, 5) is 10.9. The van der Waals surface area contributed by atoms with E-state index in [4.69, 9.17) is 10.8 Å². The number of hydrogen-bond donors (Lipinski definition) is 3. The van der Waals surface area contributed by atoms with E-state index >= 15 is 0 Å². The molecule has 1 aliphatic rings. The van der Waals surface area contributed by atoms with Crippen molar-refractivity contribution in [3.8, 4) is 0 Å². The van der Waals surface area contributed by atoms with Gasteiger partial charge in [-0.2, -0.15) is 0 Å². The average molecular weight is 248 g/mol. The molecule has 18 heavy (non-hydrogen) atoms. The van der Waals surface area contributed by atoms with Crippen molar-refractivity contribution in [3.05, 3.63) is 23.8 Å². The highest BCUT2D eigenvalue weighted by Gasteiger charge is 2.14. The third kappa shape index (κ3) is 3.15. The van der Waals surface area contributed by atoms with Gasteiger partial charge in [-0.1, -0.05) is 19.3 Å². The van der Waals surface area contributed by atoms with E-state index in [-0.39, 0.29) is 5.56 Å². The number of nitrogens with two attached hydrogens (primary N) is 1. The van der Waals surface area contributed by atoms with Crippen LogP contribution in [-0.2, 0) is 0 Å². The Labute approximate surface area is 107 Å². The molecule has 2 rings (SSSR count). The van der Waals surface area contributed by atoms with E-state index in [1.54, 1.807) is 12.1 Å². The largest absolute Gasteiger partial charge is 0.478 e. The Morgan fingerprint density at radius 1 is 1.33 bits per heavy atom. The Kier molecular flexibility index (Phi) is 4.07. The van der Waals surface area contributed by atoms with Crippen LogP contribution in [0.25, 0.3) is 0 Å². The molecule has 4 heteroatoms. The van der Waals surface area contributed by atoms with E-state index in [9.17, 15) is 4.79 Å². The number of carboxylic acid groups (broad SMARTS) is 1. The maximum Gasteiger partial charge on any atom is 0.335 e. The van der Waals surface area contributed by atoms with Crippen LogP contribution in [-0.4, -0.2) is 17.6 Å². The molecule has 4 nitrogen and oxygen atoms in total. The van der Waals surface area contributed by atoms with Crippen LogP contribution < -0.4 is 11.1 Å². The van der Waals surface area contributed by atoms with E-state index in [0.29, 0.717) is 11.6 Å². The number of nitrogen functional groups attached to an aromatic ring is 1. The number of anilines is 2. The fourth-order valence-electron chi connectivity index (χ4n) is 2.49. The molecule has 1 aliphatic carbocycles. The number of nitrogens with one attached hydrogen (secondary N) is 1. The Bertz CT molecular complexity index is 426. The lowest BCUT2D eigenvalue weighted by Gasteiger charge is -2.22. The number of benzene rings is 1. The lowest BCUT2D eigenvalue weighted by atomic mass is 9.89. The highest BCUT2D eigenvalue weighted by molar-refractivity contribution is 5.90. The number of carboxylic acids is 1. The molecule has 0 spiro atoms. The Morgan fingerprint density at radius 2 is 2.06 bits per heavy atom. The van der Waals surface area contributed by atoms with Crippen molar-refractivity contribution in [1.29, 1.82) is 0 Å². The van der Waals surface area contributed by atoms with Crippen LogP contribution in [0.1, 0.15) is 42.5 Å². The molecule has 98 valence electrons. The maximum absolute atomic E-state index is 10.9. The molecule has 0 aromatic heterocycles. The lowest BCUT2D eigenvalue weighted by Crippen LogP contribution is -2.18. The summed E-state index contributed by atoms with van der Waals surface area (Å²) in [5.41, 5.74) is 7.47. The quantitative estimate of drug-likeness (QED) is 0.716. The molecule has 1 saturated carbocycles. The van der Waals surface area contributed by atoms with Gasteiger partial charge in [0.1, 0.15) is 0 Å². The van der Waals surface area contributed by atoms with Gasteiger partial charge in [-0.15, -0.1) is 0 Å². The molecule has 0 unspecified atom stereocenters. The average Bonchev–Trinajstić information content (AvgIpc) is 2.38.